The highest BCUT2D eigenvalue weighted by molar-refractivity contribution is 9.10. The van der Waals surface area contributed by atoms with E-state index < -0.39 is 24.0 Å². The number of rotatable bonds is 6. The summed E-state index contributed by atoms with van der Waals surface area (Å²) in [4.78, 5) is 40.2. The average molecular weight is 473 g/mol. The Morgan fingerprint density at radius 2 is 1.57 bits per heavy atom. The average Bonchev–Trinajstić information content (AvgIpc) is 2.74. The molecule has 3 rings (SSSR count). The number of carbonyl (C=O) groups is 3. The van der Waals surface area contributed by atoms with Crippen LogP contribution in [0, 0.1) is 0 Å². The van der Waals surface area contributed by atoms with Crippen molar-refractivity contribution in [2.45, 2.75) is 19.9 Å². The Labute approximate surface area is 182 Å². The number of anilines is 1. The fraction of sp³-hybridized carbons (Fsp3) is 0.227. The Kier molecular flexibility index (Phi) is 6.89. The smallest absolute Gasteiger partial charge is 0.356 e. The monoisotopic (exact) mass is 472 g/mol. The van der Waals surface area contributed by atoms with Gasteiger partial charge in [0.25, 0.3) is 0 Å². The lowest BCUT2D eigenvalue weighted by Gasteiger charge is -2.35. The van der Waals surface area contributed by atoms with Crippen LogP contribution in [0.1, 0.15) is 25.5 Å². The van der Waals surface area contributed by atoms with Crippen molar-refractivity contribution in [1.82, 2.24) is 5.32 Å². The van der Waals surface area contributed by atoms with Gasteiger partial charge in [-0.1, -0.05) is 46.3 Å². The second kappa shape index (κ2) is 9.58. The molecule has 0 aromatic heterocycles. The highest BCUT2D eigenvalue weighted by atomic mass is 79.9. The highest BCUT2D eigenvalue weighted by Gasteiger charge is 2.42. The first-order chi connectivity index (χ1) is 14.5. The predicted molar refractivity (Wildman–Crippen MR) is 115 cm³/mol. The zero-order chi connectivity index (χ0) is 21.7. The van der Waals surface area contributed by atoms with Crippen molar-refractivity contribution in [3.05, 3.63) is 75.9 Å². The molecule has 0 fully saturated rings. The van der Waals surface area contributed by atoms with Gasteiger partial charge in [-0.05, 0) is 43.7 Å². The number of carbonyl (C=O) groups excluding carboxylic acids is 3. The fourth-order valence-electron chi connectivity index (χ4n) is 3.17. The van der Waals surface area contributed by atoms with Crippen LogP contribution in [0.2, 0.25) is 0 Å². The first-order valence-electron chi connectivity index (χ1n) is 9.47. The summed E-state index contributed by atoms with van der Waals surface area (Å²) in [5.41, 5.74) is 0.914. The summed E-state index contributed by atoms with van der Waals surface area (Å²) in [6.45, 7) is 3.54. The molecule has 30 heavy (non-hydrogen) atoms. The molecule has 2 aromatic rings. The van der Waals surface area contributed by atoms with E-state index in [-0.39, 0.29) is 24.5 Å². The maximum atomic E-state index is 13.1. The third-order valence-electron chi connectivity index (χ3n) is 4.42. The van der Waals surface area contributed by atoms with Gasteiger partial charge in [0.1, 0.15) is 5.70 Å². The first-order valence-corrected chi connectivity index (χ1v) is 10.3. The molecule has 2 amide bonds. The fourth-order valence-corrected chi connectivity index (χ4v) is 3.44. The number of ether oxygens (including phenoxy) is 2. The van der Waals surface area contributed by atoms with E-state index in [4.69, 9.17) is 9.47 Å². The van der Waals surface area contributed by atoms with Gasteiger partial charge in [0.2, 0.25) is 0 Å². The largest absolute Gasteiger partial charge is 0.463 e. The summed E-state index contributed by atoms with van der Waals surface area (Å²) in [7, 11) is 0. The van der Waals surface area contributed by atoms with Crippen molar-refractivity contribution >= 4 is 39.6 Å². The van der Waals surface area contributed by atoms with Gasteiger partial charge in [0.05, 0.1) is 30.5 Å². The van der Waals surface area contributed by atoms with Crippen LogP contribution in [-0.4, -0.2) is 31.2 Å². The number of nitrogens with zero attached hydrogens (tertiary/aromatic N) is 1. The molecule has 0 saturated carbocycles. The molecule has 7 nitrogen and oxygen atoms in total. The molecular formula is C22H21BrN2O5. The van der Waals surface area contributed by atoms with Crippen LogP contribution in [0.4, 0.5) is 10.5 Å². The van der Waals surface area contributed by atoms with Crippen molar-refractivity contribution in [3.8, 4) is 0 Å². The molecule has 1 N–H and O–H groups in total. The summed E-state index contributed by atoms with van der Waals surface area (Å²) in [6, 6.07) is 14.3. The molecule has 0 bridgehead atoms. The summed E-state index contributed by atoms with van der Waals surface area (Å²) in [6.07, 6.45) is 0. The van der Waals surface area contributed by atoms with Gasteiger partial charge in [0.15, 0.2) is 0 Å². The first kappa shape index (κ1) is 21.6. The van der Waals surface area contributed by atoms with E-state index in [9.17, 15) is 14.4 Å². The Hall–Kier alpha value is -3.13. The van der Waals surface area contributed by atoms with Crippen LogP contribution >= 0.6 is 15.9 Å². The summed E-state index contributed by atoms with van der Waals surface area (Å²) < 4.78 is 11.3. The van der Waals surface area contributed by atoms with Crippen molar-refractivity contribution in [2.75, 3.05) is 18.1 Å². The van der Waals surface area contributed by atoms with Gasteiger partial charge in [0, 0.05) is 4.47 Å². The van der Waals surface area contributed by atoms with Gasteiger partial charge < -0.3 is 14.8 Å². The number of benzene rings is 2. The molecule has 1 heterocycles. The lowest BCUT2D eigenvalue weighted by molar-refractivity contribution is -0.142. The van der Waals surface area contributed by atoms with Gasteiger partial charge in [-0.2, -0.15) is 0 Å². The number of esters is 2. The lowest BCUT2D eigenvalue weighted by atomic mass is 9.94. The third kappa shape index (κ3) is 4.38. The number of halogens is 1. The number of amides is 2. The zero-order valence-corrected chi connectivity index (χ0v) is 18.1. The number of hydrogen-bond acceptors (Lipinski definition) is 5. The molecule has 0 unspecified atom stereocenters. The molecule has 0 spiro atoms. The maximum Gasteiger partial charge on any atom is 0.356 e. The van der Waals surface area contributed by atoms with Crippen LogP contribution in [-0.2, 0) is 19.1 Å². The van der Waals surface area contributed by atoms with Gasteiger partial charge in [-0.3, -0.25) is 4.90 Å². The molecule has 156 valence electrons. The molecule has 8 heteroatoms. The predicted octanol–water partition coefficient (Wildman–Crippen LogP) is 4.10. The van der Waals surface area contributed by atoms with Crippen molar-refractivity contribution in [1.29, 1.82) is 0 Å². The Bertz CT molecular complexity index is 973. The molecule has 2 aromatic carbocycles. The van der Waals surface area contributed by atoms with E-state index in [1.807, 2.05) is 6.07 Å². The van der Waals surface area contributed by atoms with Crippen molar-refractivity contribution < 1.29 is 23.9 Å². The van der Waals surface area contributed by atoms with Crippen LogP contribution in [0.15, 0.2) is 70.3 Å². The minimum Gasteiger partial charge on any atom is -0.463 e. The zero-order valence-electron chi connectivity index (χ0n) is 16.6. The summed E-state index contributed by atoms with van der Waals surface area (Å²) >= 11 is 3.35. The Balaban J connectivity index is 2.26. The highest BCUT2D eigenvalue weighted by Crippen LogP contribution is 2.35. The molecule has 0 radical (unpaired) electrons. The van der Waals surface area contributed by atoms with Crippen LogP contribution < -0.4 is 10.2 Å². The molecule has 1 atom stereocenters. The van der Waals surface area contributed by atoms with Gasteiger partial charge >= 0.3 is 18.0 Å². The van der Waals surface area contributed by atoms with E-state index in [0.717, 1.165) is 9.37 Å². The molecule has 1 aliphatic rings. The second-order valence-corrected chi connectivity index (χ2v) is 7.22. The minimum absolute atomic E-state index is 0.0176. The second-order valence-electron chi connectivity index (χ2n) is 6.31. The van der Waals surface area contributed by atoms with Crippen molar-refractivity contribution in [3.63, 3.8) is 0 Å². The summed E-state index contributed by atoms with van der Waals surface area (Å²) in [5, 5.41) is 2.82. The van der Waals surface area contributed by atoms with Gasteiger partial charge in [-0.25, -0.2) is 14.4 Å². The maximum absolute atomic E-state index is 13.1. The Morgan fingerprint density at radius 3 is 2.17 bits per heavy atom. The number of urea groups is 1. The van der Waals surface area contributed by atoms with E-state index in [1.165, 1.54) is 0 Å². The third-order valence-corrected chi connectivity index (χ3v) is 4.95. The summed E-state index contributed by atoms with van der Waals surface area (Å²) in [5.74, 6) is -1.48. The molecular weight excluding hydrogens is 452 g/mol. The van der Waals surface area contributed by atoms with E-state index in [2.05, 4.69) is 21.2 Å². The molecule has 0 saturated heterocycles. The number of hydrogen-bond donors (Lipinski definition) is 1. The van der Waals surface area contributed by atoms with Gasteiger partial charge in [-0.15, -0.1) is 0 Å². The molecule has 1 aliphatic heterocycles. The SMILES string of the molecule is CCOC(=O)C1=C(C(=O)OCC)N(c2ccc(Br)cc2)C(=O)N[C@H]1c1ccccc1. The standard InChI is InChI=1S/C22H21BrN2O5/c1-3-29-20(26)17-18(14-8-6-5-7-9-14)24-22(28)25(19(17)21(27)30-4-2)16-12-10-15(23)11-13-16/h5-13,18H,3-4H2,1-2H3,(H,24,28)/t18-/m0/s1. The van der Waals surface area contributed by atoms with E-state index in [0.29, 0.717) is 11.3 Å². The van der Waals surface area contributed by atoms with Crippen LogP contribution in [0.3, 0.4) is 0 Å². The van der Waals surface area contributed by atoms with Crippen LogP contribution in [0.5, 0.6) is 0 Å². The quantitative estimate of drug-likeness (QED) is 0.639. The normalized spacial score (nSPS) is 16.2. The topological polar surface area (TPSA) is 84.9 Å². The number of nitrogens with one attached hydrogen (secondary N) is 1. The van der Waals surface area contributed by atoms with Crippen molar-refractivity contribution in [2.24, 2.45) is 0 Å². The van der Waals surface area contributed by atoms with E-state index >= 15 is 0 Å². The molecule has 0 aliphatic carbocycles. The van der Waals surface area contributed by atoms with E-state index in [1.54, 1.807) is 62.4 Å². The Morgan fingerprint density at radius 1 is 0.967 bits per heavy atom. The van der Waals surface area contributed by atoms with Crippen LogP contribution in [0.25, 0.3) is 0 Å². The minimum atomic E-state index is -0.858. The lowest BCUT2D eigenvalue weighted by Crippen LogP contribution is -2.51.